The van der Waals surface area contributed by atoms with E-state index in [2.05, 4.69) is 15.4 Å². The van der Waals surface area contributed by atoms with Crippen molar-refractivity contribution in [1.29, 1.82) is 0 Å². The Kier molecular flexibility index (Phi) is 4.82. The van der Waals surface area contributed by atoms with Crippen molar-refractivity contribution in [2.45, 2.75) is 19.9 Å². The van der Waals surface area contributed by atoms with Crippen LogP contribution < -0.4 is 16.6 Å². The molecule has 0 atom stereocenters. The van der Waals surface area contributed by atoms with Crippen molar-refractivity contribution < 1.29 is 4.79 Å². The van der Waals surface area contributed by atoms with Gasteiger partial charge in [0.05, 0.1) is 16.6 Å². The number of benzene rings is 2. The average Bonchev–Trinajstić information content (AvgIpc) is 3.14. The van der Waals surface area contributed by atoms with E-state index in [1.807, 2.05) is 31.2 Å². The molecule has 0 fully saturated rings. The molecule has 0 bridgehead atoms. The number of hydrogen-bond donors (Lipinski definition) is 2. The van der Waals surface area contributed by atoms with Crippen molar-refractivity contribution in [1.82, 2.24) is 19.3 Å². The van der Waals surface area contributed by atoms with E-state index in [1.165, 1.54) is 4.57 Å². The van der Waals surface area contributed by atoms with Gasteiger partial charge in [0.25, 0.3) is 5.56 Å². The SMILES string of the molecule is Cc1ccnn1-c1cccc(NC(=O)CCn2c(=O)[nH]c(=O)c3ccccc32)c1. The van der Waals surface area contributed by atoms with Crippen LogP contribution in [0.15, 0.2) is 70.4 Å². The maximum atomic E-state index is 12.4. The number of aryl methyl sites for hydroxylation is 2. The minimum absolute atomic E-state index is 0.0843. The highest BCUT2D eigenvalue weighted by atomic mass is 16.2. The number of carbonyl (C=O) groups is 1. The summed E-state index contributed by atoms with van der Waals surface area (Å²) in [6, 6.07) is 16.1. The van der Waals surface area contributed by atoms with Gasteiger partial charge in [0, 0.05) is 30.5 Å². The van der Waals surface area contributed by atoms with Gasteiger partial charge in [-0.1, -0.05) is 18.2 Å². The quantitative estimate of drug-likeness (QED) is 0.546. The Labute approximate surface area is 165 Å². The summed E-state index contributed by atoms with van der Waals surface area (Å²) < 4.78 is 3.18. The molecule has 0 saturated carbocycles. The van der Waals surface area contributed by atoms with E-state index in [-0.39, 0.29) is 18.9 Å². The van der Waals surface area contributed by atoms with Crippen molar-refractivity contribution in [2.75, 3.05) is 5.32 Å². The summed E-state index contributed by atoms with van der Waals surface area (Å²) in [4.78, 5) is 38.9. The third kappa shape index (κ3) is 3.73. The Morgan fingerprint density at radius 3 is 2.72 bits per heavy atom. The average molecular weight is 389 g/mol. The molecular formula is C21H19N5O3. The molecule has 29 heavy (non-hydrogen) atoms. The van der Waals surface area contributed by atoms with Crippen LogP contribution in [-0.4, -0.2) is 25.2 Å². The molecule has 0 aliphatic rings. The number of para-hydroxylation sites is 1. The lowest BCUT2D eigenvalue weighted by Gasteiger charge is -2.11. The molecule has 0 radical (unpaired) electrons. The fourth-order valence-electron chi connectivity index (χ4n) is 3.26. The van der Waals surface area contributed by atoms with Gasteiger partial charge in [0.15, 0.2) is 0 Å². The second-order valence-corrected chi connectivity index (χ2v) is 6.66. The highest BCUT2D eigenvalue weighted by molar-refractivity contribution is 5.91. The van der Waals surface area contributed by atoms with Gasteiger partial charge in [-0.3, -0.25) is 19.1 Å². The molecule has 146 valence electrons. The molecule has 8 nitrogen and oxygen atoms in total. The number of anilines is 1. The Morgan fingerprint density at radius 1 is 1.10 bits per heavy atom. The summed E-state index contributed by atoms with van der Waals surface area (Å²) in [5.41, 5.74) is 2.01. The number of nitrogens with one attached hydrogen (secondary N) is 2. The molecule has 8 heteroatoms. The van der Waals surface area contributed by atoms with E-state index < -0.39 is 11.2 Å². The van der Waals surface area contributed by atoms with Crippen LogP contribution in [0.2, 0.25) is 0 Å². The third-order valence-electron chi connectivity index (χ3n) is 4.67. The van der Waals surface area contributed by atoms with Crippen molar-refractivity contribution in [3.63, 3.8) is 0 Å². The van der Waals surface area contributed by atoms with Crippen molar-refractivity contribution >= 4 is 22.5 Å². The van der Waals surface area contributed by atoms with E-state index in [0.29, 0.717) is 16.6 Å². The minimum atomic E-state index is -0.530. The highest BCUT2D eigenvalue weighted by Crippen LogP contribution is 2.16. The predicted molar refractivity (Wildman–Crippen MR) is 110 cm³/mol. The van der Waals surface area contributed by atoms with Crippen LogP contribution in [-0.2, 0) is 11.3 Å². The van der Waals surface area contributed by atoms with Crippen LogP contribution in [0.25, 0.3) is 16.6 Å². The summed E-state index contributed by atoms with van der Waals surface area (Å²) in [6.45, 7) is 2.10. The smallest absolute Gasteiger partial charge is 0.326 e. The molecule has 0 spiro atoms. The molecule has 2 N–H and O–H groups in total. The predicted octanol–water partition coefficient (Wildman–Crippen LogP) is 2.21. The zero-order valence-electron chi connectivity index (χ0n) is 15.8. The summed E-state index contributed by atoms with van der Waals surface area (Å²) in [5.74, 6) is -0.235. The number of aromatic nitrogens is 4. The normalized spacial score (nSPS) is 10.9. The standard InChI is InChI=1S/C21H19N5O3/c1-14-9-11-22-26(14)16-6-4-5-15(13-16)23-19(27)10-12-25-18-8-3-2-7-17(18)20(28)24-21(25)29/h2-9,11,13H,10,12H2,1H3,(H,23,27)(H,24,28,29). The van der Waals surface area contributed by atoms with Crippen molar-refractivity contribution in [3.8, 4) is 5.69 Å². The first-order chi connectivity index (χ1) is 14.0. The molecule has 2 heterocycles. The van der Waals surface area contributed by atoms with E-state index >= 15 is 0 Å². The molecule has 2 aromatic carbocycles. The van der Waals surface area contributed by atoms with Gasteiger partial charge in [-0.25, -0.2) is 9.48 Å². The van der Waals surface area contributed by atoms with Gasteiger partial charge in [-0.2, -0.15) is 5.10 Å². The van der Waals surface area contributed by atoms with Gasteiger partial charge in [-0.05, 0) is 43.3 Å². The molecule has 0 unspecified atom stereocenters. The summed E-state index contributed by atoms with van der Waals surface area (Å²) in [6.07, 6.45) is 1.80. The zero-order chi connectivity index (χ0) is 20.4. The molecule has 0 aliphatic carbocycles. The first-order valence-electron chi connectivity index (χ1n) is 9.16. The lowest BCUT2D eigenvalue weighted by Crippen LogP contribution is -2.31. The number of fused-ring (bicyclic) bond motifs is 1. The molecular weight excluding hydrogens is 370 g/mol. The molecule has 4 rings (SSSR count). The van der Waals surface area contributed by atoms with Gasteiger partial charge in [0.1, 0.15) is 0 Å². The minimum Gasteiger partial charge on any atom is -0.326 e. The Bertz CT molecular complexity index is 1320. The second-order valence-electron chi connectivity index (χ2n) is 6.66. The number of aromatic amines is 1. The van der Waals surface area contributed by atoms with E-state index in [0.717, 1.165) is 11.4 Å². The lowest BCUT2D eigenvalue weighted by atomic mass is 10.2. The Balaban J connectivity index is 1.51. The van der Waals surface area contributed by atoms with E-state index in [1.54, 1.807) is 41.2 Å². The number of rotatable bonds is 5. The lowest BCUT2D eigenvalue weighted by molar-refractivity contribution is -0.116. The first kappa shape index (κ1) is 18.4. The molecule has 0 aliphatic heterocycles. The molecule has 1 amide bonds. The Morgan fingerprint density at radius 2 is 1.93 bits per heavy atom. The number of amides is 1. The zero-order valence-corrected chi connectivity index (χ0v) is 15.8. The fourth-order valence-corrected chi connectivity index (χ4v) is 3.26. The van der Waals surface area contributed by atoms with Gasteiger partial charge >= 0.3 is 5.69 Å². The van der Waals surface area contributed by atoms with Crippen molar-refractivity contribution in [2.24, 2.45) is 0 Å². The van der Waals surface area contributed by atoms with Crippen LogP contribution in [0, 0.1) is 6.92 Å². The topological polar surface area (TPSA) is 102 Å². The number of carbonyl (C=O) groups excluding carboxylic acids is 1. The van der Waals surface area contributed by atoms with Gasteiger partial charge in [-0.15, -0.1) is 0 Å². The maximum Gasteiger partial charge on any atom is 0.328 e. The van der Waals surface area contributed by atoms with Crippen LogP contribution in [0.5, 0.6) is 0 Å². The summed E-state index contributed by atoms with van der Waals surface area (Å²) in [7, 11) is 0. The first-order valence-corrected chi connectivity index (χ1v) is 9.16. The van der Waals surface area contributed by atoms with E-state index in [4.69, 9.17) is 0 Å². The van der Waals surface area contributed by atoms with Gasteiger partial charge < -0.3 is 5.32 Å². The Hall–Kier alpha value is -3.94. The monoisotopic (exact) mass is 389 g/mol. The number of H-pyrrole nitrogens is 1. The largest absolute Gasteiger partial charge is 0.328 e. The number of nitrogens with zero attached hydrogens (tertiary/aromatic N) is 3. The number of hydrogen-bond acceptors (Lipinski definition) is 4. The summed E-state index contributed by atoms with van der Waals surface area (Å²) >= 11 is 0. The third-order valence-corrected chi connectivity index (χ3v) is 4.67. The van der Waals surface area contributed by atoms with Crippen molar-refractivity contribution in [3.05, 3.63) is 87.3 Å². The van der Waals surface area contributed by atoms with Crippen LogP contribution in [0.1, 0.15) is 12.1 Å². The van der Waals surface area contributed by atoms with Crippen LogP contribution in [0.4, 0.5) is 5.69 Å². The fraction of sp³-hybridized carbons (Fsp3) is 0.143. The van der Waals surface area contributed by atoms with Crippen LogP contribution in [0.3, 0.4) is 0 Å². The van der Waals surface area contributed by atoms with Crippen LogP contribution >= 0.6 is 0 Å². The van der Waals surface area contributed by atoms with Gasteiger partial charge in [0.2, 0.25) is 5.91 Å². The molecule has 4 aromatic rings. The van der Waals surface area contributed by atoms with E-state index in [9.17, 15) is 14.4 Å². The molecule has 0 saturated heterocycles. The molecule has 2 aromatic heterocycles. The highest BCUT2D eigenvalue weighted by Gasteiger charge is 2.10. The maximum absolute atomic E-state index is 12.4. The second kappa shape index (κ2) is 7.59. The summed E-state index contributed by atoms with van der Waals surface area (Å²) in [5, 5.41) is 7.52.